The molecule has 1 amide bonds. The second kappa shape index (κ2) is 6.95. The number of methoxy groups -OCH3 is 1. The molecular formula is C16H24N4O3. The average molecular weight is 320 g/mol. The highest BCUT2D eigenvalue weighted by atomic mass is 16.5. The summed E-state index contributed by atoms with van der Waals surface area (Å²) in [7, 11) is 3.39. The van der Waals surface area contributed by atoms with Gasteiger partial charge in [-0.1, -0.05) is 0 Å². The second-order valence-corrected chi connectivity index (χ2v) is 5.91. The summed E-state index contributed by atoms with van der Waals surface area (Å²) in [6, 6.07) is -0.0464. The van der Waals surface area contributed by atoms with Crippen molar-refractivity contribution in [3.8, 4) is 0 Å². The van der Waals surface area contributed by atoms with Gasteiger partial charge < -0.3 is 15.0 Å². The molecule has 126 valence electrons. The Balaban J connectivity index is 2.19. The predicted molar refractivity (Wildman–Crippen MR) is 88.6 cm³/mol. The summed E-state index contributed by atoms with van der Waals surface area (Å²) < 4.78 is 6.66. The maximum absolute atomic E-state index is 12.3. The van der Waals surface area contributed by atoms with Gasteiger partial charge in [-0.25, -0.2) is 0 Å². The number of hydrogen-bond acceptors (Lipinski definition) is 4. The van der Waals surface area contributed by atoms with E-state index in [-0.39, 0.29) is 23.9 Å². The van der Waals surface area contributed by atoms with Crippen LogP contribution in [0.25, 0.3) is 11.0 Å². The van der Waals surface area contributed by atoms with E-state index in [1.165, 1.54) is 0 Å². The van der Waals surface area contributed by atoms with E-state index in [1.807, 2.05) is 20.8 Å². The van der Waals surface area contributed by atoms with Gasteiger partial charge in [0.15, 0.2) is 0 Å². The van der Waals surface area contributed by atoms with Crippen molar-refractivity contribution < 1.29 is 9.53 Å². The van der Waals surface area contributed by atoms with E-state index >= 15 is 0 Å². The van der Waals surface area contributed by atoms with Crippen LogP contribution < -0.4 is 10.9 Å². The third-order valence-corrected chi connectivity index (χ3v) is 3.98. The van der Waals surface area contributed by atoms with Crippen molar-refractivity contribution >= 4 is 16.9 Å². The van der Waals surface area contributed by atoms with Crippen molar-refractivity contribution in [1.29, 1.82) is 0 Å². The normalized spacial score (nSPS) is 12.6. The van der Waals surface area contributed by atoms with Crippen LogP contribution in [0.3, 0.4) is 0 Å². The van der Waals surface area contributed by atoms with E-state index in [1.54, 1.807) is 18.8 Å². The molecular weight excluding hydrogens is 296 g/mol. The largest absolute Gasteiger partial charge is 0.383 e. The molecule has 0 aliphatic heterocycles. The summed E-state index contributed by atoms with van der Waals surface area (Å²) in [5.74, 6) is -0.0867. The monoisotopic (exact) mass is 320 g/mol. The van der Waals surface area contributed by atoms with Crippen LogP contribution in [0.4, 0.5) is 0 Å². The fourth-order valence-electron chi connectivity index (χ4n) is 2.93. The van der Waals surface area contributed by atoms with Gasteiger partial charge in [0, 0.05) is 37.6 Å². The molecule has 2 N–H and O–H groups in total. The minimum atomic E-state index is -0.157. The van der Waals surface area contributed by atoms with Crippen LogP contribution >= 0.6 is 0 Å². The lowest BCUT2D eigenvalue weighted by Gasteiger charge is -2.13. The van der Waals surface area contributed by atoms with Gasteiger partial charge in [0.2, 0.25) is 5.91 Å². The first kappa shape index (κ1) is 17.2. The SMILES string of the molecule is COC[C@@H](C)NC(=O)CCc1c(C)c2c(C)nn(C)c2[nH]c1=O. The molecule has 0 aromatic carbocycles. The van der Waals surface area contributed by atoms with E-state index < -0.39 is 0 Å². The minimum Gasteiger partial charge on any atom is -0.383 e. The Hall–Kier alpha value is -2.15. The number of amides is 1. The highest BCUT2D eigenvalue weighted by Gasteiger charge is 2.16. The molecule has 2 rings (SSSR count). The summed E-state index contributed by atoms with van der Waals surface area (Å²) in [4.78, 5) is 27.1. The van der Waals surface area contributed by atoms with Gasteiger partial charge in [-0.2, -0.15) is 5.10 Å². The van der Waals surface area contributed by atoms with Crippen molar-refractivity contribution in [2.75, 3.05) is 13.7 Å². The summed E-state index contributed by atoms with van der Waals surface area (Å²) in [5.41, 5.74) is 2.97. The molecule has 0 unspecified atom stereocenters. The van der Waals surface area contributed by atoms with E-state index in [0.717, 1.165) is 16.6 Å². The van der Waals surface area contributed by atoms with E-state index in [0.29, 0.717) is 24.2 Å². The Bertz CT molecular complexity index is 776. The standard InChI is InChI=1S/C16H24N4O3/c1-9(8-23-5)17-13(21)7-6-12-10(2)14-11(3)19-20(4)15(14)18-16(12)22/h9H,6-8H2,1-5H3,(H,17,21)(H,18,22)/t9-/m1/s1. The Morgan fingerprint density at radius 2 is 2.13 bits per heavy atom. The lowest BCUT2D eigenvalue weighted by atomic mass is 10.0. The number of rotatable bonds is 6. The van der Waals surface area contributed by atoms with Crippen LogP contribution in [0.15, 0.2) is 4.79 Å². The number of ether oxygens (including phenoxy) is 1. The molecule has 2 aromatic rings. The van der Waals surface area contributed by atoms with E-state index in [4.69, 9.17) is 4.74 Å². The first-order chi connectivity index (χ1) is 10.8. The highest BCUT2D eigenvalue weighted by molar-refractivity contribution is 5.83. The number of fused-ring (bicyclic) bond motifs is 1. The summed E-state index contributed by atoms with van der Waals surface area (Å²) in [6.07, 6.45) is 0.666. The first-order valence-electron chi connectivity index (χ1n) is 7.68. The summed E-state index contributed by atoms with van der Waals surface area (Å²) in [5, 5.41) is 8.15. The quantitative estimate of drug-likeness (QED) is 0.830. The number of nitrogens with one attached hydrogen (secondary N) is 2. The fraction of sp³-hybridized carbons (Fsp3) is 0.562. The summed E-state index contributed by atoms with van der Waals surface area (Å²) in [6.45, 7) is 6.17. The summed E-state index contributed by atoms with van der Waals surface area (Å²) >= 11 is 0. The van der Waals surface area contributed by atoms with Crippen LogP contribution in [0.5, 0.6) is 0 Å². The third-order valence-electron chi connectivity index (χ3n) is 3.98. The molecule has 0 spiro atoms. The number of aryl methyl sites for hydroxylation is 3. The van der Waals surface area contributed by atoms with E-state index in [2.05, 4.69) is 15.4 Å². The van der Waals surface area contributed by atoms with Crippen LogP contribution in [-0.2, 0) is 23.0 Å². The van der Waals surface area contributed by atoms with Gasteiger partial charge in [0.25, 0.3) is 5.56 Å². The molecule has 0 radical (unpaired) electrons. The molecule has 0 saturated carbocycles. The van der Waals surface area contributed by atoms with Crippen molar-refractivity contribution in [3.63, 3.8) is 0 Å². The number of aromatic amines is 1. The molecule has 2 heterocycles. The maximum Gasteiger partial charge on any atom is 0.253 e. The number of H-pyrrole nitrogens is 1. The molecule has 7 heteroatoms. The van der Waals surface area contributed by atoms with Crippen LogP contribution in [0.2, 0.25) is 0 Å². The molecule has 0 aliphatic rings. The van der Waals surface area contributed by atoms with Crippen molar-refractivity contribution in [3.05, 3.63) is 27.2 Å². The molecule has 0 bridgehead atoms. The zero-order chi connectivity index (χ0) is 17.1. The number of aromatic nitrogens is 3. The number of carbonyl (C=O) groups is 1. The Kier molecular flexibility index (Phi) is 5.20. The van der Waals surface area contributed by atoms with Gasteiger partial charge in [-0.3, -0.25) is 14.3 Å². The van der Waals surface area contributed by atoms with E-state index in [9.17, 15) is 9.59 Å². The molecule has 0 fully saturated rings. The molecule has 2 aromatic heterocycles. The Morgan fingerprint density at radius 3 is 2.78 bits per heavy atom. The highest BCUT2D eigenvalue weighted by Crippen LogP contribution is 2.21. The smallest absolute Gasteiger partial charge is 0.253 e. The molecule has 23 heavy (non-hydrogen) atoms. The zero-order valence-electron chi connectivity index (χ0n) is 14.3. The van der Waals surface area contributed by atoms with Gasteiger partial charge in [-0.05, 0) is 32.8 Å². The van der Waals surface area contributed by atoms with Crippen molar-refractivity contribution in [1.82, 2.24) is 20.1 Å². The second-order valence-electron chi connectivity index (χ2n) is 5.91. The molecule has 0 saturated heterocycles. The number of hydrogen-bond donors (Lipinski definition) is 2. The maximum atomic E-state index is 12.3. The molecule has 1 atom stereocenters. The van der Waals surface area contributed by atoms with Gasteiger partial charge >= 0.3 is 0 Å². The minimum absolute atomic E-state index is 0.0464. The first-order valence-corrected chi connectivity index (χ1v) is 7.68. The van der Waals surface area contributed by atoms with Gasteiger partial charge in [0.1, 0.15) is 5.65 Å². The van der Waals surface area contributed by atoms with Gasteiger partial charge in [0.05, 0.1) is 12.3 Å². The molecule has 7 nitrogen and oxygen atoms in total. The third kappa shape index (κ3) is 3.61. The Morgan fingerprint density at radius 1 is 1.43 bits per heavy atom. The van der Waals surface area contributed by atoms with Crippen molar-refractivity contribution in [2.45, 2.75) is 39.7 Å². The van der Waals surface area contributed by atoms with Crippen LogP contribution in [0, 0.1) is 13.8 Å². The molecule has 0 aliphatic carbocycles. The van der Waals surface area contributed by atoms with Crippen molar-refractivity contribution in [2.24, 2.45) is 7.05 Å². The number of pyridine rings is 1. The topological polar surface area (TPSA) is 89.0 Å². The van der Waals surface area contributed by atoms with Gasteiger partial charge in [-0.15, -0.1) is 0 Å². The van der Waals surface area contributed by atoms with Crippen LogP contribution in [0.1, 0.15) is 30.2 Å². The number of nitrogens with zero attached hydrogens (tertiary/aromatic N) is 2. The lowest BCUT2D eigenvalue weighted by Crippen LogP contribution is -2.36. The fourth-order valence-corrected chi connectivity index (χ4v) is 2.93. The lowest BCUT2D eigenvalue weighted by molar-refractivity contribution is -0.122. The average Bonchev–Trinajstić information content (AvgIpc) is 2.73. The zero-order valence-corrected chi connectivity index (χ0v) is 14.3. The number of carbonyl (C=O) groups excluding carboxylic acids is 1. The Labute approximate surface area is 135 Å². The van der Waals surface area contributed by atoms with Crippen LogP contribution in [-0.4, -0.2) is 40.4 Å². The predicted octanol–water partition coefficient (Wildman–Crippen LogP) is 0.962.